The van der Waals surface area contributed by atoms with Crippen molar-refractivity contribution in [2.45, 2.75) is 64.9 Å². The van der Waals surface area contributed by atoms with Crippen molar-refractivity contribution < 1.29 is 19.0 Å². The SMILES string of the molecule is CC(=O)OCC(OC(C)(C)C)c1c(C)cc2c(c1-c1ccc(C)cc1)C1=C(COCC1)C2[SH]1C=CC=CC=N1. The molecule has 39 heavy (non-hydrogen) atoms. The lowest BCUT2D eigenvalue weighted by Crippen LogP contribution is -2.27. The molecule has 0 bridgehead atoms. The van der Waals surface area contributed by atoms with Gasteiger partial charge < -0.3 is 14.2 Å². The van der Waals surface area contributed by atoms with Crippen LogP contribution in [0.4, 0.5) is 0 Å². The van der Waals surface area contributed by atoms with Gasteiger partial charge in [-0.25, -0.2) is 4.40 Å². The predicted molar refractivity (Wildman–Crippen MR) is 162 cm³/mol. The van der Waals surface area contributed by atoms with Crippen LogP contribution in [-0.2, 0) is 19.0 Å². The van der Waals surface area contributed by atoms with Crippen molar-refractivity contribution in [1.82, 2.24) is 0 Å². The van der Waals surface area contributed by atoms with Crippen molar-refractivity contribution in [3.8, 4) is 11.1 Å². The monoisotopic (exact) mass is 545 g/mol. The first-order valence-electron chi connectivity index (χ1n) is 13.7. The quantitative estimate of drug-likeness (QED) is 0.299. The molecule has 0 fully saturated rings. The molecule has 5 nitrogen and oxygen atoms in total. The van der Waals surface area contributed by atoms with E-state index in [1.54, 1.807) is 0 Å². The molecule has 0 N–H and O–H groups in total. The molecule has 0 saturated carbocycles. The Morgan fingerprint density at radius 1 is 1.13 bits per heavy atom. The van der Waals surface area contributed by atoms with Crippen molar-refractivity contribution in [3.63, 3.8) is 0 Å². The lowest BCUT2D eigenvalue weighted by atomic mass is 9.83. The van der Waals surface area contributed by atoms with Crippen LogP contribution in [0, 0.1) is 13.8 Å². The molecule has 1 aliphatic carbocycles. The molecule has 2 aliphatic heterocycles. The largest absolute Gasteiger partial charge is 0.463 e. The van der Waals surface area contributed by atoms with E-state index in [2.05, 4.69) is 55.7 Å². The van der Waals surface area contributed by atoms with Gasteiger partial charge in [0.2, 0.25) is 0 Å². The number of benzene rings is 2. The number of hydrogen-bond donors (Lipinski definition) is 1. The highest BCUT2D eigenvalue weighted by Crippen LogP contribution is 2.61. The third kappa shape index (κ3) is 5.84. The maximum absolute atomic E-state index is 11.9. The first-order chi connectivity index (χ1) is 18.6. The summed E-state index contributed by atoms with van der Waals surface area (Å²) in [5.41, 5.74) is 10.7. The van der Waals surface area contributed by atoms with E-state index < -0.39 is 22.8 Å². The Balaban J connectivity index is 1.79. The summed E-state index contributed by atoms with van der Waals surface area (Å²) in [5.74, 6) is -0.308. The van der Waals surface area contributed by atoms with Gasteiger partial charge in [-0.1, -0.05) is 48.0 Å². The van der Waals surface area contributed by atoms with Crippen molar-refractivity contribution in [3.05, 3.63) is 87.4 Å². The van der Waals surface area contributed by atoms with Gasteiger partial charge in [0.1, 0.15) is 12.7 Å². The summed E-state index contributed by atoms with van der Waals surface area (Å²) in [6, 6.07) is 11.1. The summed E-state index contributed by atoms with van der Waals surface area (Å²) in [5, 5.41) is 2.43. The Morgan fingerprint density at radius 2 is 1.90 bits per heavy atom. The van der Waals surface area contributed by atoms with Crippen LogP contribution in [0.25, 0.3) is 16.7 Å². The van der Waals surface area contributed by atoms with Gasteiger partial charge in [-0.3, -0.25) is 4.79 Å². The molecular weight excluding hydrogens is 506 g/mol. The summed E-state index contributed by atoms with van der Waals surface area (Å²) in [6.45, 7) is 13.3. The van der Waals surface area contributed by atoms with E-state index in [9.17, 15) is 4.79 Å². The highest BCUT2D eigenvalue weighted by molar-refractivity contribution is 8.18. The van der Waals surface area contributed by atoms with Crippen molar-refractivity contribution in [1.29, 1.82) is 0 Å². The molecule has 2 aromatic rings. The van der Waals surface area contributed by atoms with Crippen LogP contribution in [-0.4, -0.2) is 37.6 Å². The summed E-state index contributed by atoms with van der Waals surface area (Å²) >= 11 is -0.803. The minimum atomic E-state index is -0.803. The third-order valence-corrected chi connectivity index (χ3v) is 9.28. The second kappa shape index (κ2) is 11.3. The Kier molecular flexibility index (Phi) is 7.99. The second-order valence-corrected chi connectivity index (χ2v) is 13.2. The van der Waals surface area contributed by atoms with Gasteiger partial charge in [-0.2, -0.15) is 0 Å². The van der Waals surface area contributed by atoms with Crippen molar-refractivity contribution >= 4 is 28.8 Å². The molecule has 0 spiro atoms. The van der Waals surface area contributed by atoms with E-state index in [-0.39, 0.29) is 17.8 Å². The molecule has 3 unspecified atom stereocenters. The predicted octanol–water partition coefficient (Wildman–Crippen LogP) is 7.69. The highest BCUT2D eigenvalue weighted by atomic mass is 32.2. The lowest BCUT2D eigenvalue weighted by Gasteiger charge is -2.32. The van der Waals surface area contributed by atoms with E-state index in [4.69, 9.17) is 18.6 Å². The molecule has 0 amide bonds. The molecule has 3 aliphatic rings. The average Bonchev–Trinajstić information content (AvgIpc) is 3.01. The van der Waals surface area contributed by atoms with Crippen LogP contribution < -0.4 is 0 Å². The van der Waals surface area contributed by atoms with Crippen LogP contribution in [0.2, 0.25) is 0 Å². The van der Waals surface area contributed by atoms with Gasteiger partial charge in [0.05, 0.1) is 24.1 Å². The zero-order chi connectivity index (χ0) is 27.7. The van der Waals surface area contributed by atoms with Crippen LogP contribution >= 0.6 is 11.1 Å². The van der Waals surface area contributed by atoms with E-state index in [1.165, 1.54) is 40.3 Å². The zero-order valence-corrected chi connectivity index (χ0v) is 24.7. The molecule has 0 aromatic heterocycles. The number of fused-ring (bicyclic) bond motifs is 2. The van der Waals surface area contributed by atoms with Crippen LogP contribution in [0.15, 0.2) is 63.9 Å². The van der Waals surface area contributed by atoms with Gasteiger partial charge in [0.15, 0.2) is 0 Å². The topological polar surface area (TPSA) is 57.1 Å². The molecular formula is C33H39NO4S. The minimum absolute atomic E-state index is 0.162. The number of aryl methyl sites for hydroxylation is 2. The van der Waals surface area contributed by atoms with Gasteiger partial charge in [-0.15, -0.1) is 11.1 Å². The highest BCUT2D eigenvalue weighted by Gasteiger charge is 2.40. The number of nitrogens with zero attached hydrogens (tertiary/aromatic N) is 1. The number of rotatable bonds is 6. The van der Waals surface area contributed by atoms with Gasteiger partial charge >= 0.3 is 5.97 Å². The first kappa shape index (κ1) is 27.6. The molecule has 2 aromatic carbocycles. The van der Waals surface area contributed by atoms with E-state index in [0.29, 0.717) is 13.2 Å². The standard InChI is InChI=1S/C33H39NO4S/c1-21-10-12-24(13-11-21)30-29(28(20-37-23(3)35)38-33(4,5)6)22(2)18-26-31(30)25-14-16-36-19-27(25)32(26)39-17-9-7-8-15-34-39/h7-13,15,17-18,28,32,39H,14,16,19-20H2,1-6H3. The summed E-state index contributed by atoms with van der Waals surface area (Å²) in [4.78, 5) is 11.9. The molecule has 6 heteroatoms. The van der Waals surface area contributed by atoms with Gasteiger partial charge in [0.25, 0.3) is 0 Å². The molecule has 2 heterocycles. The smallest absolute Gasteiger partial charge is 0.302 e. The van der Waals surface area contributed by atoms with Crippen molar-refractivity contribution in [2.24, 2.45) is 4.40 Å². The number of esters is 1. The van der Waals surface area contributed by atoms with Gasteiger partial charge in [-0.05, 0) is 97.1 Å². The maximum atomic E-state index is 11.9. The summed E-state index contributed by atoms with van der Waals surface area (Å²) < 4.78 is 23.3. The fourth-order valence-electron chi connectivity index (χ4n) is 5.81. The minimum Gasteiger partial charge on any atom is -0.463 e. The number of thiol groups is 1. The normalized spacial score (nSPS) is 21.9. The molecule has 5 rings (SSSR count). The first-order valence-corrected chi connectivity index (χ1v) is 15.1. The molecule has 0 saturated heterocycles. The summed E-state index contributed by atoms with van der Waals surface area (Å²) in [7, 11) is 0. The average molecular weight is 546 g/mol. The lowest BCUT2D eigenvalue weighted by molar-refractivity contribution is -0.150. The number of carbonyl (C=O) groups excluding carboxylic acids is 1. The number of allylic oxidation sites excluding steroid dienone is 3. The van der Waals surface area contributed by atoms with Crippen LogP contribution in [0.1, 0.15) is 73.3 Å². The fourth-order valence-corrected chi connectivity index (χ4v) is 7.74. The van der Waals surface area contributed by atoms with Gasteiger partial charge in [0, 0.05) is 13.1 Å². The second-order valence-electron chi connectivity index (χ2n) is 11.4. The number of ether oxygens (including phenoxy) is 3. The third-order valence-electron chi connectivity index (χ3n) is 7.28. The number of carbonyl (C=O) groups is 1. The van der Waals surface area contributed by atoms with E-state index >= 15 is 0 Å². The molecule has 206 valence electrons. The van der Waals surface area contributed by atoms with E-state index in [0.717, 1.165) is 23.1 Å². The zero-order valence-electron chi connectivity index (χ0n) is 23.8. The van der Waals surface area contributed by atoms with Crippen LogP contribution in [0.5, 0.6) is 0 Å². The fraction of sp³-hybridized carbons (Fsp3) is 0.394. The Morgan fingerprint density at radius 3 is 2.62 bits per heavy atom. The Bertz CT molecular complexity index is 1360. The maximum Gasteiger partial charge on any atom is 0.302 e. The van der Waals surface area contributed by atoms with Crippen LogP contribution in [0.3, 0.4) is 0 Å². The van der Waals surface area contributed by atoms with E-state index in [1.807, 2.05) is 39.1 Å². The Labute approximate surface area is 235 Å². The molecule has 0 radical (unpaired) electrons. The summed E-state index contributed by atoms with van der Waals surface area (Å²) in [6.07, 6.45) is 8.55. The van der Waals surface area contributed by atoms with Crippen molar-refractivity contribution in [2.75, 3.05) is 19.8 Å². The number of hydrogen-bond acceptors (Lipinski definition) is 5. The Hall–Kier alpha value is -2.93. The molecule has 3 atom stereocenters.